The molecule has 0 aliphatic heterocycles. The zero-order valence-corrected chi connectivity index (χ0v) is 11.8. The summed E-state index contributed by atoms with van der Waals surface area (Å²) in [5, 5.41) is 23.9. The molecule has 2 rings (SSSR count). The minimum atomic E-state index is -0.697. The molecule has 0 radical (unpaired) electrons. The standard InChI is InChI=1S/C16H18N2O3/c1-12(13-5-3-2-4-6-13)17-11-16(19)14-7-9-15(10-8-14)18(20)21/h2-10,12,16-17,19H,11H2,1H3. The first-order valence-corrected chi connectivity index (χ1v) is 6.78. The minimum Gasteiger partial charge on any atom is -0.387 e. The van der Waals surface area contributed by atoms with Crippen molar-refractivity contribution in [2.24, 2.45) is 0 Å². The Morgan fingerprint density at radius 1 is 1.10 bits per heavy atom. The monoisotopic (exact) mass is 286 g/mol. The van der Waals surface area contributed by atoms with Gasteiger partial charge in [-0.15, -0.1) is 0 Å². The molecule has 5 nitrogen and oxygen atoms in total. The first kappa shape index (κ1) is 15.2. The van der Waals surface area contributed by atoms with Gasteiger partial charge in [-0.2, -0.15) is 0 Å². The maximum absolute atomic E-state index is 10.6. The van der Waals surface area contributed by atoms with Crippen LogP contribution in [0.2, 0.25) is 0 Å². The van der Waals surface area contributed by atoms with Gasteiger partial charge in [-0.1, -0.05) is 30.3 Å². The Morgan fingerprint density at radius 3 is 2.29 bits per heavy atom. The van der Waals surface area contributed by atoms with Crippen molar-refractivity contribution >= 4 is 5.69 Å². The molecule has 21 heavy (non-hydrogen) atoms. The fourth-order valence-corrected chi connectivity index (χ4v) is 2.08. The minimum absolute atomic E-state index is 0.0246. The molecule has 0 heterocycles. The summed E-state index contributed by atoms with van der Waals surface area (Å²) in [6, 6.07) is 16.0. The molecule has 0 bridgehead atoms. The normalized spacial score (nSPS) is 13.6. The zero-order chi connectivity index (χ0) is 15.2. The van der Waals surface area contributed by atoms with Gasteiger partial charge in [-0.3, -0.25) is 10.1 Å². The van der Waals surface area contributed by atoms with Gasteiger partial charge in [-0.25, -0.2) is 0 Å². The maximum atomic E-state index is 10.6. The van der Waals surface area contributed by atoms with Crippen molar-refractivity contribution in [2.75, 3.05) is 6.54 Å². The summed E-state index contributed by atoms with van der Waals surface area (Å²) in [6.07, 6.45) is -0.697. The highest BCUT2D eigenvalue weighted by Crippen LogP contribution is 2.18. The smallest absolute Gasteiger partial charge is 0.269 e. The predicted molar refractivity (Wildman–Crippen MR) is 80.9 cm³/mol. The van der Waals surface area contributed by atoms with Crippen molar-refractivity contribution < 1.29 is 10.0 Å². The van der Waals surface area contributed by atoms with E-state index in [0.717, 1.165) is 5.56 Å². The number of rotatable bonds is 6. The molecule has 0 aliphatic rings. The zero-order valence-electron chi connectivity index (χ0n) is 11.8. The summed E-state index contributed by atoms with van der Waals surface area (Å²) in [6.45, 7) is 2.41. The molecular formula is C16H18N2O3. The van der Waals surface area contributed by atoms with E-state index >= 15 is 0 Å². The molecule has 2 aromatic carbocycles. The number of non-ortho nitro benzene ring substituents is 1. The van der Waals surface area contributed by atoms with E-state index in [2.05, 4.69) is 5.32 Å². The van der Waals surface area contributed by atoms with E-state index in [1.165, 1.54) is 12.1 Å². The van der Waals surface area contributed by atoms with Crippen LogP contribution < -0.4 is 5.32 Å². The number of nitrogens with one attached hydrogen (secondary N) is 1. The molecule has 0 saturated carbocycles. The average Bonchev–Trinajstić information content (AvgIpc) is 2.53. The Hall–Kier alpha value is -2.24. The SMILES string of the molecule is CC(NCC(O)c1ccc([N+](=O)[O-])cc1)c1ccccc1. The lowest BCUT2D eigenvalue weighted by atomic mass is 10.1. The fraction of sp³-hybridized carbons (Fsp3) is 0.250. The summed E-state index contributed by atoms with van der Waals surface area (Å²) in [5.74, 6) is 0. The number of hydrogen-bond donors (Lipinski definition) is 2. The molecule has 0 saturated heterocycles. The molecule has 0 aliphatic carbocycles. The van der Waals surface area contributed by atoms with E-state index in [4.69, 9.17) is 0 Å². The molecule has 2 N–H and O–H groups in total. The van der Waals surface area contributed by atoms with E-state index < -0.39 is 11.0 Å². The van der Waals surface area contributed by atoms with Crippen LogP contribution in [-0.2, 0) is 0 Å². The summed E-state index contributed by atoms with van der Waals surface area (Å²) in [5.41, 5.74) is 1.83. The number of nitro groups is 1. The highest BCUT2D eigenvalue weighted by Gasteiger charge is 2.12. The van der Waals surface area contributed by atoms with Crippen LogP contribution >= 0.6 is 0 Å². The molecule has 2 atom stereocenters. The van der Waals surface area contributed by atoms with Gasteiger partial charge >= 0.3 is 0 Å². The van der Waals surface area contributed by atoms with E-state index in [1.807, 2.05) is 37.3 Å². The van der Waals surface area contributed by atoms with Gasteiger partial charge in [0.05, 0.1) is 11.0 Å². The molecule has 0 fully saturated rings. The number of nitrogens with zero attached hydrogens (tertiary/aromatic N) is 1. The Labute approximate surface area is 123 Å². The fourth-order valence-electron chi connectivity index (χ4n) is 2.08. The number of hydrogen-bond acceptors (Lipinski definition) is 4. The lowest BCUT2D eigenvalue weighted by Crippen LogP contribution is -2.24. The molecule has 0 aromatic heterocycles. The maximum Gasteiger partial charge on any atom is 0.269 e. The third-order valence-corrected chi connectivity index (χ3v) is 3.41. The topological polar surface area (TPSA) is 75.4 Å². The van der Waals surface area contributed by atoms with Crippen LogP contribution in [0, 0.1) is 10.1 Å². The quantitative estimate of drug-likeness (QED) is 0.632. The summed E-state index contributed by atoms with van der Waals surface area (Å²) >= 11 is 0. The van der Waals surface area contributed by atoms with Gasteiger partial charge in [0.25, 0.3) is 5.69 Å². The predicted octanol–water partition coefficient (Wildman–Crippen LogP) is 2.98. The number of nitro benzene ring substituents is 1. The van der Waals surface area contributed by atoms with Crippen LogP contribution in [0.25, 0.3) is 0 Å². The van der Waals surface area contributed by atoms with Crippen molar-refractivity contribution in [3.8, 4) is 0 Å². The van der Waals surface area contributed by atoms with E-state index in [0.29, 0.717) is 12.1 Å². The Balaban J connectivity index is 1.92. The van der Waals surface area contributed by atoms with Gasteiger partial charge in [0.15, 0.2) is 0 Å². The van der Waals surface area contributed by atoms with Crippen molar-refractivity contribution in [1.82, 2.24) is 5.32 Å². The molecule has 2 unspecified atom stereocenters. The lowest BCUT2D eigenvalue weighted by Gasteiger charge is -2.17. The van der Waals surface area contributed by atoms with E-state index in [9.17, 15) is 15.2 Å². The Bertz CT molecular complexity index is 584. The van der Waals surface area contributed by atoms with Crippen molar-refractivity contribution in [2.45, 2.75) is 19.1 Å². The largest absolute Gasteiger partial charge is 0.387 e. The van der Waals surface area contributed by atoms with Gasteiger partial charge in [-0.05, 0) is 30.2 Å². The van der Waals surface area contributed by atoms with E-state index in [1.54, 1.807) is 12.1 Å². The van der Waals surface area contributed by atoms with Gasteiger partial charge in [0, 0.05) is 24.7 Å². The van der Waals surface area contributed by atoms with Crippen LogP contribution in [0.15, 0.2) is 54.6 Å². The average molecular weight is 286 g/mol. The third kappa shape index (κ3) is 4.11. The summed E-state index contributed by atoms with van der Waals surface area (Å²) in [7, 11) is 0. The number of benzene rings is 2. The molecule has 5 heteroatoms. The Morgan fingerprint density at radius 2 is 1.71 bits per heavy atom. The summed E-state index contributed by atoms with van der Waals surface area (Å²) < 4.78 is 0. The number of aliphatic hydroxyl groups is 1. The van der Waals surface area contributed by atoms with Crippen LogP contribution in [0.3, 0.4) is 0 Å². The number of aliphatic hydroxyl groups excluding tert-OH is 1. The van der Waals surface area contributed by atoms with Gasteiger partial charge < -0.3 is 10.4 Å². The van der Waals surface area contributed by atoms with Crippen LogP contribution in [0.5, 0.6) is 0 Å². The first-order valence-electron chi connectivity index (χ1n) is 6.78. The molecule has 0 amide bonds. The van der Waals surface area contributed by atoms with Crippen LogP contribution in [0.4, 0.5) is 5.69 Å². The molecule has 0 spiro atoms. The second-order valence-corrected chi connectivity index (χ2v) is 4.91. The van der Waals surface area contributed by atoms with Crippen molar-refractivity contribution in [3.05, 3.63) is 75.8 Å². The highest BCUT2D eigenvalue weighted by molar-refractivity contribution is 5.33. The highest BCUT2D eigenvalue weighted by atomic mass is 16.6. The van der Waals surface area contributed by atoms with Crippen LogP contribution in [0.1, 0.15) is 30.2 Å². The third-order valence-electron chi connectivity index (χ3n) is 3.41. The second-order valence-electron chi connectivity index (χ2n) is 4.91. The van der Waals surface area contributed by atoms with Crippen molar-refractivity contribution in [1.29, 1.82) is 0 Å². The van der Waals surface area contributed by atoms with E-state index in [-0.39, 0.29) is 11.7 Å². The lowest BCUT2D eigenvalue weighted by molar-refractivity contribution is -0.384. The first-order chi connectivity index (χ1) is 10.1. The Kier molecular flexibility index (Phi) is 5.03. The molecule has 2 aromatic rings. The second kappa shape index (κ2) is 6.97. The van der Waals surface area contributed by atoms with Crippen LogP contribution in [-0.4, -0.2) is 16.6 Å². The summed E-state index contributed by atoms with van der Waals surface area (Å²) in [4.78, 5) is 10.1. The van der Waals surface area contributed by atoms with Gasteiger partial charge in [0.1, 0.15) is 0 Å². The van der Waals surface area contributed by atoms with Crippen molar-refractivity contribution in [3.63, 3.8) is 0 Å². The molecular weight excluding hydrogens is 268 g/mol. The molecule has 110 valence electrons. The van der Waals surface area contributed by atoms with Gasteiger partial charge in [0.2, 0.25) is 0 Å².